The Morgan fingerprint density at radius 3 is 2.87 bits per heavy atom. The Labute approximate surface area is 83.8 Å². The molecule has 0 radical (unpaired) electrons. The van der Waals surface area contributed by atoms with Crippen LogP contribution in [-0.4, -0.2) is 17.3 Å². The number of hydroxylamine groups is 1. The van der Waals surface area contributed by atoms with Gasteiger partial charge in [0, 0.05) is 0 Å². The number of rotatable bonds is 2. The summed E-state index contributed by atoms with van der Waals surface area (Å²) in [5.41, 5.74) is -0.773. The van der Waals surface area contributed by atoms with Crippen LogP contribution in [0.5, 0.6) is 0 Å². The van der Waals surface area contributed by atoms with Gasteiger partial charge in [0.2, 0.25) is 0 Å². The van der Waals surface area contributed by atoms with Crippen LogP contribution in [0.1, 0.15) is 29.2 Å². The lowest BCUT2D eigenvalue weighted by Crippen LogP contribution is -2.41. The maximum Gasteiger partial charge on any atom is 0.310 e. The van der Waals surface area contributed by atoms with Crippen molar-refractivity contribution in [3.8, 4) is 0 Å². The highest BCUT2D eigenvalue weighted by Crippen LogP contribution is 2.47. The smallest absolute Gasteiger partial charge is 0.310 e. The maximum atomic E-state index is 13.7. The first-order valence-corrected chi connectivity index (χ1v) is 4.45. The summed E-state index contributed by atoms with van der Waals surface area (Å²) in [5, 5.41) is 8.30. The van der Waals surface area contributed by atoms with E-state index in [1.54, 1.807) is 0 Å². The van der Waals surface area contributed by atoms with E-state index in [2.05, 4.69) is 0 Å². The molecule has 0 spiro atoms. The van der Waals surface area contributed by atoms with E-state index in [1.807, 2.05) is 0 Å². The molecule has 2 rings (SSSR count). The van der Waals surface area contributed by atoms with Crippen LogP contribution in [-0.2, 0) is 5.67 Å². The molecule has 0 aliphatic heterocycles. The summed E-state index contributed by atoms with van der Waals surface area (Å²) in [6.07, 6.45) is -1.39. The quantitative estimate of drug-likeness (QED) is 0.585. The fourth-order valence-corrected chi connectivity index (χ4v) is 1.52. The maximum absolute atomic E-state index is 13.7. The number of hydrogen-bond donors (Lipinski definition) is 2. The molecule has 0 saturated heterocycles. The summed E-state index contributed by atoms with van der Waals surface area (Å²) in [4.78, 5) is 10.9. The van der Waals surface area contributed by atoms with Crippen LogP contribution in [0.25, 0.3) is 0 Å². The van der Waals surface area contributed by atoms with E-state index in [0.717, 1.165) is 0 Å². The SMILES string of the molecule is O=C(NO)c1ccc(C2(F)CCC2F)o1. The van der Waals surface area contributed by atoms with Gasteiger partial charge in [-0.15, -0.1) is 0 Å². The van der Waals surface area contributed by atoms with Gasteiger partial charge in [-0.3, -0.25) is 10.0 Å². The van der Waals surface area contributed by atoms with Crippen LogP contribution >= 0.6 is 0 Å². The van der Waals surface area contributed by atoms with Crippen molar-refractivity contribution >= 4 is 5.91 Å². The first-order chi connectivity index (χ1) is 7.08. The summed E-state index contributed by atoms with van der Waals surface area (Å²) in [7, 11) is 0. The zero-order chi connectivity index (χ0) is 11.1. The van der Waals surface area contributed by atoms with E-state index in [9.17, 15) is 13.6 Å². The van der Waals surface area contributed by atoms with Crippen LogP contribution in [0.4, 0.5) is 8.78 Å². The van der Waals surface area contributed by atoms with E-state index in [4.69, 9.17) is 9.62 Å². The number of alkyl halides is 2. The highest BCUT2D eigenvalue weighted by atomic mass is 19.2. The van der Waals surface area contributed by atoms with Crippen molar-refractivity contribution in [2.45, 2.75) is 24.7 Å². The molecular weight excluding hydrogens is 208 g/mol. The minimum Gasteiger partial charge on any atom is -0.452 e. The van der Waals surface area contributed by atoms with Crippen LogP contribution in [0.3, 0.4) is 0 Å². The molecule has 1 fully saturated rings. The molecule has 2 unspecified atom stereocenters. The molecule has 1 aromatic rings. The van der Waals surface area contributed by atoms with Crippen molar-refractivity contribution in [1.29, 1.82) is 0 Å². The Balaban J connectivity index is 2.24. The molecular formula is C9H9F2NO3. The summed E-state index contributed by atoms with van der Waals surface area (Å²) in [6.45, 7) is 0. The van der Waals surface area contributed by atoms with Crippen molar-refractivity contribution in [2.75, 3.05) is 0 Å². The number of hydrogen-bond acceptors (Lipinski definition) is 3. The summed E-state index contributed by atoms with van der Waals surface area (Å²) in [6, 6.07) is 2.39. The lowest BCUT2D eigenvalue weighted by atomic mass is 9.78. The van der Waals surface area contributed by atoms with Crippen molar-refractivity contribution < 1.29 is 23.2 Å². The fourth-order valence-electron chi connectivity index (χ4n) is 1.52. The Bertz CT molecular complexity index is 392. The highest BCUT2D eigenvalue weighted by molar-refractivity contribution is 5.90. The van der Waals surface area contributed by atoms with Gasteiger partial charge in [-0.1, -0.05) is 0 Å². The third kappa shape index (κ3) is 1.41. The molecule has 2 atom stereocenters. The van der Waals surface area contributed by atoms with E-state index < -0.39 is 17.7 Å². The molecule has 2 N–H and O–H groups in total. The van der Waals surface area contributed by atoms with Crippen LogP contribution in [0.15, 0.2) is 16.5 Å². The molecule has 4 nitrogen and oxygen atoms in total. The van der Waals surface area contributed by atoms with Gasteiger partial charge in [0.05, 0.1) is 0 Å². The number of carbonyl (C=O) groups excluding carboxylic acids is 1. The standard InChI is InChI=1S/C9H9F2NO3/c10-6-3-4-9(6,11)7-2-1-5(15-7)8(13)12-14/h1-2,6,14H,3-4H2,(H,12,13). The van der Waals surface area contributed by atoms with Gasteiger partial charge in [0.25, 0.3) is 0 Å². The van der Waals surface area contributed by atoms with Crippen molar-refractivity contribution in [1.82, 2.24) is 5.48 Å². The van der Waals surface area contributed by atoms with E-state index in [-0.39, 0.29) is 24.4 Å². The van der Waals surface area contributed by atoms with E-state index >= 15 is 0 Å². The zero-order valence-electron chi connectivity index (χ0n) is 7.67. The van der Waals surface area contributed by atoms with Gasteiger partial charge in [-0.2, -0.15) is 0 Å². The summed E-state index contributed by atoms with van der Waals surface area (Å²) in [5.74, 6) is -1.34. The molecule has 82 valence electrons. The van der Waals surface area contributed by atoms with Crippen LogP contribution < -0.4 is 5.48 Å². The van der Waals surface area contributed by atoms with Gasteiger partial charge in [0.1, 0.15) is 11.9 Å². The first-order valence-electron chi connectivity index (χ1n) is 4.45. The molecule has 6 heteroatoms. The zero-order valence-corrected chi connectivity index (χ0v) is 7.67. The van der Waals surface area contributed by atoms with Gasteiger partial charge in [0.15, 0.2) is 11.4 Å². The fraction of sp³-hybridized carbons (Fsp3) is 0.444. The second-order valence-electron chi connectivity index (χ2n) is 3.47. The summed E-state index contributed by atoms with van der Waals surface area (Å²) < 4.78 is 31.5. The number of amides is 1. The molecule has 1 heterocycles. The third-order valence-corrected chi connectivity index (χ3v) is 2.60. The average Bonchev–Trinajstić information content (AvgIpc) is 2.74. The summed E-state index contributed by atoms with van der Waals surface area (Å²) >= 11 is 0. The molecule has 1 aliphatic rings. The van der Waals surface area contributed by atoms with E-state index in [1.165, 1.54) is 17.6 Å². The van der Waals surface area contributed by atoms with Crippen molar-refractivity contribution in [3.63, 3.8) is 0 Å². The second kappa shape index (κ2) is 3.30. The largest absolute Gasteiger partial charge is 0.452 e. The number of nitrogens with one attached hydrogen (secondary N) is 1. The highest BCUT2D eigenvalue weighted by Gasteiger charge is 2.52. The molecule has 1 amide bonds. The van der Waals surface area contributed by atoms with E-state index in [0.29, 0.717) is 0 Å². The monoisotopic (exact) mass is 217 g/mol. The Morgan fingerprint density at radius 1 is 1.67 bits per heavy atom. The Hall–Kier alpha value is -1.43. The number of carbonyl (C=O) groups is 1. The van der Waals surface area contributed by atoms with Gasteiger partial charge >= 0.3 is 5.91 Å². The predicted molar refractivity (Wildman–Crippen MR) is 44.9 cm³/mol. The lowest BCUT2D eigenvalue weighted by Gasteiger charge is -2.35. The minimum absolute atomic E-state index is 0.0435. The Kier molecular flexibility index (Phi) is 2.22. The van der Waals surface area contributed by atoms with Gasteiger partial charge in [-0.25, -0.2) is 14.3 Å². The lowest BCUT2D eigenvalue weighted by molar-refractivity contribution is -0.0590. The number of halogens is 2. The first kappa shape index (κ1) is 10.1. The molecule has 1 aliphatic carbocycles. The van der Waals surface area contributed by atoms with Crippen LogP contribution in [0, 0.1) is 0 Å². The molecule has 15 heavy (non-hydrogen) atoms. The minimum atomic E-state index is -2.12. The number of furan rings is 1. The van der Waals surface area contributed by atoms with Crippen molar-refractivity contribution in [2.24, 2.45) is 0 Å². The molecule has 1 aromatic heterocycles. The Morgan fingerprint density at radius 2 is 2.40 bits per heavy atom. The normalized spacial score (nSPS) is 29.7. The molecule has 0 aromatic carbocycles. The third-order valence-electron chi connectivity index (χ3n) is 2.60. The van der Waals surface area contributed by atoms with Gasteiger partial charge < -0.3 is 4.42 Å². The van der Waals surface area contributed by atoms with Crippen molar-refractivity contribution in [3.05, 3.63) is 23.7 Å². The predicted octanol–water partition coefficient (Wildman–Crippen LogP) is 1.70. The molecule has 0 bridgehead atoms. The average molecular weight is 217 g/mol. The molecule has 1 saturated carbocycles. The topological polar surface area (TPSA) is 62.5 Å². The van der Waals surface area contributed by atoms with Gasteiger partial charge in [-0.05, 0) is 25.0 Å². The second-order valence-corrected chi connectivity index (χ2v) is 3.47. The van der Waals surface area contributed by atoms with Crippen LogP contribution in [0.2, 0.25) is 0 Å².